The molecule has 7 heteroatoms. The number of fused-ring (bicyclic) bond motifs is 1. The zero-order chi connectivity index (χ0) is 21.8. The van der Waals surface area contributed by atoms with Crippen molar-refractivity contribution in [1.29, 1.82) is 0 Å². The number of para-hydroxylation sites is 2. The minimum Gasteiger partial charge on any atom is -0.324 e. The molecule has 0 unspecified atom stereocenters. The van der Waals surface area contributed by atoms with Crippen LogP contribution >= 0.6 is 11.8 Å². The smallest absolute Gasteiger partial charge is 0.262 e. The van der Waals surface area contributed by atoms with Gasteiger partial charge < -0.3 is 5.32 Å². The number of nitrogens with zero attached hydrogens (tertiary/aromatic N) is 2. The first kappa shape index (κ1) is 21.8. The largest absolute Gasteiger partial charge is 0.324 e. The van der Waals surface area contributed by atoms with Crippen molar-refractivity contribution < 1.29 is 9.59 Å². The normalized spacial score (nSPS) is 13.1. The number of amides is 1. The summed E-state index contributed by atoms with van der Waals surface area (Å²) in [6, 6.07) is 14.1. The molecule has 1 N–H and O–H groups in total. The van der Waals surface area contributed by atoms with Gasteiger partial charge in [0.15, 0.2) is 10.9 Å². The highest BCUT2D eigenvalue weighted by Crippen LogP contribution is 2.27. The van der Waals surface area contributed by atoms with Crippen molar-refractivity contribution in [2.75, 3.05) is 5.32 Å². The summed E-state index contributed by atoms with van der Waals surface area (Å²) >= 11 is 1.24. The van der Waals surface area contributed by atoms with Crippen LogP contribution in [0.1, 0.15) is 50.5 Å². The number of aromatic nitrogens is 2. The molecule has 0 saturated carbocycles. The standard InChI is InChI=1S/C23H25N3O3S/c1-5-14(2)26-22(29)18-11-7-9-13-20(18)25-23(26)30-16(4)21(28)24-19-12-8-6-10-17(19)15(3)27/h6-14,16H,5H2,1-4H3,(H,24,28)/t14-,16-/m0/s1. The third-order valence-electron chi connectivity index (χ3n) is 5.02. The molecule has 6 nitrogen and oxygen atoms in total. The Morgan fingerprint density at radius 2 is 1.77 bits per heavy atom. The van der Waals surface area contributed by atoms with Crippen molar-refractivity contribution in [2.45, 2.75) is 50.6 Å². The van der Waals surface area contributed by atoms with Gasteiger partial charge in [0, 0.05) is 11.6 Å². The summed E-state index contributed by atoms with van der Waals surface area (Å²) in [6.45, 7) is 7.21. The number of carbonyl (C=O) groups excluding carboxylic acids is 2. The summed E-state index contributed by atoms with van der Waals surface area (Å²) in [5.74, 6) is -0.375. The summed E-state index contributed by atoms with van der Waals surface area (Å²) in [7, 11) is 0. The highest BCUT2D eigenvalue weighted by Gasteiger charge is 2.22. The Morgan fingerprint density at radius 1 is 1.10 bits per heavy atom. The van der Waals surface area contributed by atoms with Crippen LogP contribution in [0.15, 0.2) is 58.5 Å². The van der Waals surface area contributed by atoms with Crippen molar-refractivity contribution in [1.82, 2.24) is 9.55 Å². The topological polar surface area (TPSA) is 81.1 Å². The summed E-state index contributed by atoms with van der Waals surface area (Å²) in [5, 5.41) is 3.38. The molecule has 0 bridgehead atoms. The molecular formula is C23H25N3O3S. The van der Waals surface area contributed by atoms with Crippen molar-refractivity contribution in [2.24, 2.45) is 0 Å². The lowest BCUT2D eigenvalue weighted by Gasteiger charge is -2.20. The summed E-state index contributed by atoms with van der Waals surface area (Å²) in [4.78, 5) is 42.4. The Morgan fingerprint density at radius 3 is 2.47 bits per heavy atom. The van der Waals surface area contributed by atoms with Gasteiger partial charge in [-0.2, -0.15) is 0 Å². The van der Waals surface area contributed by atoms with E-state index in [2.05, 4.69) is 10.3 Å². The Kier molecular flexibility index (Phi) is 6.72. The van der Waals surface area contributed by atoms with Gasteiger partial charge in [0.05, 0.1) is 21.8 Å². The molecule has 0 spiro atoms. The van der Waals surface area contributed by atoms with Crippen molar-refractivity contribution in [3.8, 4) is 0 Å². The maximum Gasteiger partial charge on any atom is 0.262 e. The molecule has 156 valence electrons. The van der Waals surface area contributed by atoms with E-state index in [9.17, 15) is 14.4 Å². The highest BCUT2D eigenvalue weighted by atomic mass is 32.2. The van der Waals surface area contributed by atoms with Crippen LogP contribution in [-0.4, -0.2) is 26.5 Å². The van der Waals surface area contributed by atoms with Crippen LogP contribution in [0.5, 0.6) is 0 Å². The van der Waals surface area contributed by atoms with Crippen molar-refractivity contribution >= 4 is 40.0 Å². The molecule has 2 aromatic carbocycles. The van der Waals surface area contributed by atoms with E-state index in [0.29, 0.717) is 27.3 Å². The predicted octanol–water partition coefficient (Wildman–Crippen LogP) is 4.69. The fourth-order valence-corrected chi connectivity index (χ4v) is 4.13. The van der Waals surface area contributed by atoms with E-state index in [-0.39, 0.29) is 23.3 Å². The quantitative estimate of drug-likeness (QED) is 0.339. The van der Waals surface area contributed by atoms with E-state index in [1.54, 1.807) is 47.9 Å². The van der Waals surface area contributed by atoms with Gasteiger partial charge in [-0.05, 0) is 51.5 Å². The van der Waals surface area contributed by atoms with Gasteiger partial charge in [-0.15, -0.1) is 0 Å². The van der Waals surface area contributed by atoms with Gasteiger partial charge in [0.1, 0.15) is 0 Å². The maximum absolute atomic E-state index is 13.1. The monoisotopic (exact) mass is 423 g/mol. The van der Waals surface area contributed by atoms with Crippen molar-refractivity contribution in [3.63, 3.8) is 0 Å². The number of ketones is 1. The molecule has 2 atom stereocenters. The van der Waals surface area contributed by atoms with Crippen LogP contribution in [0.25, 0.3) is 10.9 Å². The Bertz CT molecular complexity index is 1160. The fraction of sp³-hybridized carbons (Fsp3) is 0.304. The van der Waals surface area contributed by atoms with Gasteiger partial charge >= 0.3 is 0 Å². The lowest BCUT2D eigenvalue weighted by molar-refractivity contribution is -0.115. The van der Waals surface area contributed by atoms with E-state index < -0.39 is 5.25 Å². The zero-order valence-corrected chi connectivity index (χ0v) is 18.3. The maximum atomic E-state index is 13.1. The third kappa shape index (κ3) is 4.46. The summed E-state index contributed by atoms with van der Waals surface area (Å²) in [6.07, 6.45) is 0.764. The number of thioether (sulfide) groups is 1. The summed E-state index contributed by atoms with van der Waals surface area (Å²) < 4.78 is 1.67. The number of benzene rings is 2. The van der Waals surface area contributed by atoms with E-state index in [1.807, 2.05) is 26.0 Å². The fourth-order valence-electron chi connectivity index (χ4n) is 3.13. The van der Waals surface area contributed by atoms with Crippen LogP contribution in [-0.2, 0) is 4.79 Å². The number of nitrogens with one attached hydrogen (secondary N) is 1. The van der Waals surface area contributed by atoms with E-state index in [4.69, 9.17) is 0 Å². The van der Waals surface area contributed by atoms with Crippen LogP contribution in [0, 0.1) is 0 Å². The first-order valence-corrected chi connectivity index (χ1v) is 10.8. The Hall–Kier alpha value is -2.93. The molecule has 3 rings (SSSR count). The third-order valence-corrected chi connectivity index (χ3v) is 6.09. The lowest BCUT2D eigenvalue weighted by Crippen LogP contribution is -2.29. The van der Waals surface area contributed by atoms with Crippen LogP contribution in [0.2, 0.25) is 0 Å². The SMILES string of the molecule is CC[C@H](C)n1c(S[C@@H](C)C(=O)Nc2ccccc2C(C)=O)nc2ccccc2c1=O. The second-order valence-corrected chi connectivity index (χ2v) is 8.50. The average Bonchev–Trinajstić information content (AvgIpc) is 2.73. The van der Waals surface area contributed by atoms with Gasteiger partial charge in [-0.25, -0.2) is 4.98 Å². The first-order valence-electron chi connectivity index (χ1n) is 9.92. The van der Waals surface area contributed by atoms with E-state index in [0.717, 1.165) is 6.42 Å². The molecule has 3 aromatic rings. The molecule has 1 heterocycles. The number of Topliss-reactive ketones (excluding diaryl/α,β-unsaturated/α-hetero) is 1. The predicted molar refractivity (Wildman–Crippen MR) is 121 cm³/mol. The Balaban J connectivity index is 1.93. The first-order chi connectivity index (χ1) is 14.3. The molecule has 0 saturated heterocycles. The number of hydrogen-bond donors (Lipinski definition) is 1. The van der Waals surface area contributed by atoms with Crippen molar-refractivity contribution in [3.05, 3.63) is 64.4 Å². The van der Waals surface area contributed by atoms with Crippen LogP contribution in [0.4, 0.5) is 5.69 Å². The highest BCUT2D eigenvalue weighted by molar-refractivity contribution is 8.00. The number of hydrogen-bond acceptors (Lipinski definition) is 5. The minimum atomic E-state index is -0.520. The number of rotatable bonds is 7. The van der Waals surface area contributed by atoms with Gasteiger partial charge in [-0.1, -0.05) is 43.0 Å². The minimum absolute atomic E-state index is 0.0502. The number of carbonyl (C=O) groups is 2. The molecule has 30 heavy (non-hydrogen) atoms. The molecule has 0 fully saturated rings. The molecular weight excluding hydrogens is 398 g/mol. The molecule has 0 aliphatic heterocycles. The second-order valence-electron chi connectivity index (χ2n) is 7.20. The van der Waals surface area contributed by atoms with E-state index >= 15 is 0 Å². The molecule has 0 aliphatic rings. The van der Waals surface area contributed by atoms with Crippen LogP contribution < -0.4 is 10.9 Å². The van der Waals surface area contributed by atoms with E-state index in [1.165, 1.54) is 18.7 Å². The lowest BCUT2D eigenvalue weighted by atomic mass is 10.1. The second kappa shape index (κ2) is 9.26. The van der Waals surface area contributed by atoms with Gasteiger partial charge in [0.2, 0.25) is 5.91 Å². The Labute approximate surface area is 179 Å². The average molecular weight is 424 g/mol. The van der Waals surface area contributed by atoms with Gasteiger partial charge in [0.25, 0.3) is 5.56 Å². The van der Waals surface area contributed by atoms with Crippen LogP contribution in [0.3, 0.4) is 0 Å². The molecule has 0 radical (unpaired) electrons. The molecule has 0 aliphatic carbocycles. The zero-order valence-electron chi connectivity index (χ0n) is 17.5. The van der Waals surface area contributed by atoms with Gasteiger partial charge in [-0.3, -0.25) is 19.0 Å². The molecule has 1 amide bonds. The summed E-state index contributed by atoms with van der Waals surface area (Å²) in [5.41, 5.74) is 1.45. The number of anilines is 1. The molecule has 1 aromatic heterocycles.